The van der Waals surface area contributed by atoms with Crippen molar-refractivity contribution in [3.8, 4) is 5.75 Å². The van der Waals surface area contributed by atoms with Gasteiger partial charge < -0.3 is 20.6 Å². The Morgan fingerprint density at radius 3 is 2.52 bits per heavy atom. The zero-order chi connectivity index (χ0) is 23.8. The van der Waals surface area contributed by atoms with Crippen LogP contribution in [0, 0.1) is 6.92 Å². The summed E-state index contributed by atoms with van der Waals surface area (Å²) in [5.74, 6) is 0.111. The number of hydrogen-bond donors (Lipinski definition) is 2. The predicted octanol–water partition coefficient (Wildman–Crippen LogP) is 2.84. The van der Waals surface area contributed by atoms with E-state index in [9.17, 15) is 13.2 Å². The second-order valence-corrected chi connectivity index (χ2v) is 9.70. The zero-order valence-corrected chi connectivity index (χ0v) is 19.7. The third kappa shape index (κ3) is 6.23. The minimum atomic E-state index is -3.64. The number of sulfonamides is 1. The predicted molar refractivity (Wildman–Crippen MR) is 127 cm³/mol. The molecule has 2 aromatic carbocycles. The van der Waals surface area contributed by atoms with Crippen LogP contribution in [-0.4, -0.2) is 51.3 Å². The first-order chi connectivity index (χ1) is 15.8. The Morgan fingerprint density at radius 1 is 1.12 bits per heavy atom. The molecule has 0 aliphatic carbocycles. The highest BCUT2D eigenvalue weighted by Crippen LogP contribution is 2.26. The Kier molecular flexibility index (Phi) is 8.29. The number of aryl methyl sites for hydroxylation is 1. The van der Waals surface area contributed by atoms with Gasteiger partial charge in [0.15, 0.2) is 12.4 Å². The van der Waals surface area contributed by atoms with Crippen LogP contribution < -0.4 is 15.8 Å². The van der Waals surface area contributed by atoms with Gasteiger partial charge in [0.1, 0.15) is 5.75 Å². The number of amides is 1. The lowest BCUT2D eigenvalue weighted by Crippen LogP contribution is -2.32. The first-order valence-electron chi connectivity index (χ1n) is 10.8. The van der Waals surface area contributed by atoms with Gasteiger partial charge in [-0.05, 0) is 49.6 Å². The van der Waals surface area contributed by atoms with E-state index in [0.29, 0.717) is 35.7 Å². The molecule has 0 aromatic heterocycles. The average molecular weight is 475 g/mol. The summed E-state index contributed by atoms with van der Waals surface area (Å²) in [6, 6.07) is 11.9. The highest BCUT2D eigenvalue weighted by Gasteiger charge is 2.27. The molecule has 0 atom stereocenters. The normalized spacial score (nSPS) is 15.5. The van der Waals surface area contributed by atoms with Gasteiger partial charge in [0.2, 0.25) is 10.0 Å². The number of methoxy groups -OCH3 is 1. The van der Waals surface area contributed by atoms with Crippen LogP contribution in [0.1, 0.15) is 36.8 Å². The summed E-state index contributed by atoms with van der Waals surface area (Å²) in [5.41, 5.74) is 7.45. The molecule has 0 spiro atoms. The fourth-order valence-corrected chi connectivity index (χ4v) is 5.41. The number of oxime groups is 1. The van der Waals surface area contributed by atoms with Gasteiger partial charge in [0.05, 0.1) is 17.6 Å². The molecule has 1 aliphatic rings. The molecule has 0 bridgehead atoms. The Morgan fingerprint density at radius 2 is 1.82 bits per heavy atom. The monoisotopic (exact) mass is 474 g/mol. The van der Waals surface area contributed by atoms with Crippen LogP contribution in [0.2, 0.25) is 0 Å². The molecular formula is C23H30N4O5S. The minimum Gasteiger partial charge on any atom is -0.496 e. The molecule has 0 saturated carbocycles. The maximum atomic E-state index is 13.2. The van der Waals surface area contributed by atoms with Crippen molar-refractivity contribution in [2.75, 3.05) is 32.1 Å². The van der Waals surface area contributed by atoms with E-state index in [1.54, 1.807) is 43.3 Å². The fourth-order valence-electron chi connectivity index (χ4n) is 3.64. The Balaban J connectivity index is 1.65. The summed E-state index contributed by atoms with van der Waals surface area (Å²) >= 11 is 0. The van der Waals surface area contributed by atoms with Crippen molar-refractivity contribution in [1.82, 2.24) is 4.31 Å². The summed E-state index contributed by atoms with van der Waals surface area (Å²) in [4.78, 5) is 17.6. The van der Waals surface area contributed by atoms with E-state index in [0.717, 1.165) is 25.7 Å². The Hall–Kier alpha value is -3.11. The lowest BCUT2D eigenvalue weighted by molar-refractivity contribution is -0.120. The molecule has 1 saturated heterocycles. The molecule has 3 rings (SSSR count). The van der Waals surface area contributed by atoms with E-state index in [1.807, 2.05) is 0 Å². The van der Waals surface area contributed by atoms with Gasteiger partial charge in [-0.1, -0.05) is 36.2 Å². The molecule has 10 heteroatoms. The van der Waals surface area contributed by atoms with E-state index < -0.39 is 22.5 Å². The standard InChI is InChI=1S/C23H30N4O5S/c1-17-11-12-18(15-21(17)33(29,30)27-13-7-3-4-8-14-27)25-22(28)16-32-26-23(24)19-9-5-6-10-20(19)31-2/h5-6,9-12,15H,3-4,7-8,13-14,16H2,1-2H3,(H2,24,26)(H,25,28). The molecule has 0 unspecified atom stereocenters. The fraction of sp³-hybridized carbons (Fsp3) is 0.391. The highest BCUT2D eigenvalue weighted by atomic mass is 32.2. The lowest BCUT2D eigenvalue weighted by Gasteiger charge is -2.21. The van der Waals surface area contributed by atoms with Gasteiger partial charge in [0.25, 0.3) is 5.91 Å². The molecule has 3 N–H and O–H groups in total. The van der Waals surface area contributed by atoms with Crippen molar-refractivity contribution >= 4 is 27.5 Å². The minimum absolute atomic E-state index is 0.0708. The van der Waals surface area contributed by atoms with Gasteiger partial charge >= 0.3 is 0 Å². The number of rotatable bonds is 8. The first-order valence-corrected chi connectivity index (χ1v) is 12.3. The number of nitrogens with zero attached hydrogens (tertiary/aromatic N) is 2. The van der Waals surface area contributed by atoms with E-state index in [4.69, 9.17) is 15.3 Å². The molecule has 1 amide bonds. The third-order valence-corrected chi connectivity index (χ3v) is 7.44. The van der Waals surface area contributed by atoms with Gasteiger partial charge in [-0.3, -0.25) is 4.79 Å². The molecule has 33 heavy (non-hydrogen) atoms. The molecule has 0 radical (unpaired) electrons. The van der Waals surface area contributed by atoms with E-state index in [1.165, 1.54) is 17.5 Å². The smallest absolute Gasteiger partial charge is 0.265 e. The van der Waals surface area contributed by atoms with Crippen LogP contribution in [-0.2, 0) is 19.7 Å². The number of nitrogens with one attached hydrogen (secondary N) is 1. The van der Waals surface area contributed by atoms with Gasteiger partial charge in [0, 0.05) is 18.8 Å². The average Bonchev–Trinajstić information content (AvgIpc) is 3.10. The van der Waals surface area contributed by atoms with Crippen molar-refractivity contribution in [3.05, 3.63) is 53.6 Å². The summed E-state index contributed by atoms with van der Waals surface area (Å²) in [6.07, 6.45) is 3.77. The molecule has 1 fully saturated rings. The largest absolute Gasteiger partial charge is 0.496 e. The SMILES string of the molecule is COc1ccccc1/C(N)=N/OCC(=O)Nc1ccc(C)c(S(=O)(=O)N2CCCCCC2)c1. The van der Waals surface area contributed by atoms with Crippen LogP contribution in [0.4, 0.5) is 5.69 Å². The van der Waals surface area contributed by atoms with E-state index in [2.05, 4.69) is 10.5 Å². The second-order valence-electron chi connectivity index (χ2n) is 7.80. The van der Waals surface area contributed by atoms with Crippen molar-refractivity contribution < 1.29 is 22.8 Å². The van der Waals surface area contributed by atoms with Crippen molar-refractivity contribution in [3.63, 3.8) is 0 Å². The summed E-state index contributed by atoms with van der Waals surface area (Å²) in [7, 11) is -2.12. The lowest BCUT2D eigenvalue weighted by atomic mass is 10.2. The quantitative estimate of drug-likeness (QED) is 0.345. The number of amidine groups is 1. The zero-order valence-electron chi connectivity index (χ0n) is 18.9. The van der Waals surface area contributed by atoms with Gasteiger partial charge in [-0.2, -0.15) is 4.31 Å². The van der Waals surface area contributed by atoms with Crippen LogP contribution in [0.15, 0.2) is 52.5 Å². The van der Waals surface area contributed by atoms with Gasteiger partial charge in [-0.15, -0.1) is 0 Å². The number of anilines is 1. The van der Waals surface area contributed by atoms with Gasteiger partial charge in [-0.25, -0.2) is 8.42 Å². The Bertz CT molecular complexity index is 1110. The molecule has 9 nitrogen and oxygen atoms in total. The van der Waals surface area contributed by atoms with E-state index >= 15 is 0 Å². The van der Waals surface area contributed by atoms with Crippen LogP contribution >= 0.6 is 0 Å². The number of carbonyl (C=O) groups excluding carboxylic acids is 1. The summed E-state index contributed by atoms with van der Waals surface area (Å²) < 4.78 is 33.1. The first kappa shape index (κ1) is 24.5. The molecule has 1 aliphatic heterocycles. The maximum absolute atomic E-state index is 13.2. The molecule has 1 heterocycles. The number of ether oxygens (including phenoxy) is 1. The number of para-hydroxylation sites is 1. The van der Waals surface area contributed by atoms with Crippen LogP contribution in [0.3, 0.4) is 0 Å². The van der Waals surface area contributed by atoms with Crippen molar-refractivity contribution in [2.45, 2.75) is 37.5 Å². The molecular weight excluding hydrogens is 444 g/mol. The molecule has 178 valence electrons. The summed E-state index contributed by atoms with van der Waals surface area (Å²) in [5, 5.41) is 6.43. The number of hydrogen-bond acceptors (Lipinski definition) is 6. The topological polar surface area (TPSA) is 123 Å². The Labute approximate surface area is 194 Å². The number of benzene rings is 2. The molecule has 2 aromatic rings. The van der Waals surface area contributed by atoms with Crippen LogP contribution in [0.25, 0.3) is 0 Å². The summed E-state index contributed by atoms with van der Waals surface area (Å²) in [6.45, 7) is 2.38. The number of carbonyl (C=O) groups is 1. The number of nitrogens with two attached hydrogens (primary N) is 1. The van der Waals surface area contributed by atoms with E-state index in [-0.39, 0.29) is 10.7 Å². The van der Waals surface area contributed by atoms with Crippen molar-refractivity contribution in [2.24, 2.45) is 10.9 Å². The second kappa shape index (κ2) is 11.2. The van der Waals surface area contributed by atoms with Crippen molar-refractivity contribution in [1.29, 1.82) is 0 Å². The van der Waals surface area contributed by atoms with Crippen LogP contribution in [0.5, 0.6) is 5.75 Å². The third-order valence-electron chi connectivity index (χ3n) is 5.40. The maximum Gasteiger partial charge on any atom is 0.265 e. The highest BCUT2D eigenvalue weighted by molar-refractivity contribution is 7.89.